The van der Waals surface area contributed by atoms with Gasteiger partial charge in [0.15, 0.2) is 5.84 Å². The largest absolute Gasteiger partial charge is 0.383 e. The lowest BCUT2D eigenvalue weighted by Crippen LogP contribution is -2.16. The Hall–Kier alpha value is -5.29. The van der Waals surface area contributed by atoms with Crippen LogP contribution in [0.5, 0.6) is 0 Å². The molecule has 0 aliphatic rings. The third-order valence-corrected chi connectivity index (χ3v) is 7.12. The quantitative estimate of drug-likeness (QED) is 0.203. The van der Waals surface area contributed by atoms with Crippen LogP contribution in [0.4, 0.5) is 0 Å². The smallest absolute Gasteiger partial charge is 0.155 e. The summed E-state index contributed by atoms with van der Waals surface area (Å²) in [5, 5.41) is 15.6. The predicted molar refractivity (Wildman–Crippen MR) is 158 cm³/mol. The van der Waals surface area contributed by atoms with Crippen LogP contribution in [-0.2, 0) is 0 Å². The molecule has 0 aliphatic heterocycles. The number of nitrogens with two attached hydrogens (primary N) is 1. The van der Waals surface area contributed by atoms with Crippen molar-refractivity contribution in [1.82, 2.24) is 9.55 Å². The average Bonchev–Trinajstić information content (AvgIpc) is 3.32. The zero-order valence-electron chi connectivity index (χ0n) is 20.5. The Morgan fingerprint density at radius 3 is 2.21 bits per heavy atom. The maximum absolute atomic E-state index is 8.76. The number of amidine groups is 2. The van der Waals surface area contributed by atoms with E-state index in [1.165, 1.54) is 21.5 Å². The molecule has 0 saturated carbocycles. The highest BCUT2D eigenvalue weighted by molar-refractivity contribution is 6.21. The van der Waals surface area contributed by atoms with Crippen LogP contribution in [0.2, 0.25) is 0 Å². The molecule has 2 heterocycles. The number of aromatic nitrogens is 2. The molecule has 2 aromatic heterocycles. The van der Waals surface area contributed by atoms with Gasteiger partial charge in [0.2, 0.25) is 0 Å². The molecule has 38 heavy (non-hydrogen) atoms. The van der Waals surface area contributed by atoms with Gasteiger partial charge in [0, 0.05) is 28.1 Å². The minimum Gasteiger partial charge on any atom is -0.383 e. The van der Waals surface area contributed by atoms with Gasteiger partial charge in [-0.05, 0) is 39.7 Å². The molecule has 0 saturated heterocycles. The predicted octanol–water partition coefficient (Wildman–Crippen LogP) is 7.22. The molecule has 0 radical (unpaired) electrons. The molecule has 180 valence electrons. The first kappa shape index (κ1) is 21.9. The zero-order chi connectivity index (χ0) is 25.6. The second-order valence-electron chi connectivity index (χ2n) is 9.34. The summed E-state index contributed by atoms with van der Waals surface area (Å²) in [6.07, 6.45) is 3.49. The highest BCUT2D eigenvalue weighted by atomic mass is 15.0. The number of nitrogens with zero attached hydrogens (tertiary/aromatic N) is 3. The third-order valence-electron chi connectivity index (χ3n) is 7.12. The van der Waals surface area contributed by atoms with Gasteiger partial charge in [0.05, 0.1) is 22.9 Å². The Balaban J connectivity index is 1.37. The number of hydrogen-bond acceptors (Lipinski definition) is 2. The van der Waals surface area contributed by atoms with E-state index in [9.17, 15) is 0 Å². The van der Waals surface area contributed by atoms with E-state index in [-0.39, 0.29) is 5.84 Å². The highest BCUT2D eigenvalue weighted by Gasteiger charge is 2.15. The van der Waals surface area contributed by atoms with Crippen LogP contribution < -0.4 is 5.73 Å². The molecule has 7 rings (SSSR count). The van der Waals surface area contributed by atoms with Crippen molar-refractivity contribution in [2.45, 2.75) is 0 Å². The molecule has 0 spiro atoms. The maximum Gasteiger partial charge on any atom is 0.155 e. The van der Waals surface area contributed by atoms with Crippen molar-refractivity contribution < 1.29 is 0 Å². The van der Waals surface area contributed by atoms with Crippen LogP contribution >= 0.6 is 0 Å². The van der Waals surface area contributed by atoms with E-state index < -0.39 is 0 Å². The van der Waals surface area contributed by atoms with E-state index in [1.807, 2.05) is 60.8 Å². The molecule has 5 nitrogen and oxygen atoms in total. The molecule has 0 atom stereocenters. The van der Waals surface area contributed by atoms with E-state index in [1.54, 1.807) is 6.20 Å². The first-order valence-electron chi connectivity index (χ1n) is 12.5. The molecule has 0 amide bonds. The van der Waals surface area contributed by atoms with Crippen LogP contribution in [0.15, 0.2) is 127 Å². The second kappa shape index (κ2) is 8.68. The number of rotatable bonds is 3. The molecule has 0 bridgehead atoms. The highest BCUT2D eigenvalue weighted by Crippen LogP contribution is 2.36. The SMILES string of the molecule is N=C(N=C(N)c1cccc2ccccc12)c1cncc(-n2c3ccccc3c3c4ccccc4ccc32)c1. The number of hydrogen-bond donors (Lipinski definition) is 2. The van der Waals surface area contributed by atoms with Crippen molar-refractivity contribution in [2.75, 3.05) is 0 Å². The van der Waals surface area contributed by atoms with E-state index in [2.05, 4.69) is 69.1 Å². The lowest BCUT2D eigenvalue weighted by atomic mass is 10.0. The van der Waals surface area contributed by atoms with Gasteiger partial charge in [0.1, 0.15) is 5.84 Å². The monoisotopic (exact) mass is 489 g/mol. The fraction of sp³-hybridized carbons (Fsp3) is 0. The zero-order valence-corrected chi connectivity index (χ0v) is 20.5. The van der Waals surface area contributed by atoms with Crippen molar-refractivity contribution in [3.63, 3.8) is 0 Å². The summed E-state index contributed by atoms with van der Waals surface area (Å²) in [5.41, 5.74) is 10.9. The van der Waals surface area contributed by atoms with Gasteiger partial charge < -0.3 is 10.3 Å². The fourth-order valence-electron chi connectivity index (χ4n) is 5.39. The van der Waals surface area contributed by atoms with Crippen molar-refractivity contribution in [1.29, 1.82) is 5.41 Å². The third kappa shape index (κ3) is 3.44. The molecule has 5 heteroatoms. The van der Waals surface area contributed by atoms with Crippen LogP contribution in [0.25, 0.3) is 49.0 Å². The van der Waals surface area contributed by atoms with Crippen molar-refractivity contribution in [2.24, 2.45) is 10.7 Å². The number of para-hydroxylation sites is 1. The summed E-state index contributed by atoms with van der Waals surface area (Å²) in [7, 11) is 0. The van der Waals surface area contributed by atoms with Gasteiger partial charge in [-0.3, -0.25) is 10.4 Å². The minimum absolute atomic E-state index is 0.0657. The van der Waals surface area contributed by atoms with E-state index in [0.29, 0.717) is 11.4 Å². The molecule has 7 aromatic rings. The molecule has 5 aromatic carbocycles. The summed E-state index contributed by atoms with van der Waals surface area (Å²) >= 11 is 0. The Morgan fingerprint density at radius 2 is 1.37 bits per heavy atom. The van der Waals surface area contributed by atoms with Gasteiger partial charge >= 0.3 is 0 Å². The van der Waals surface area contributed by atoms with Crippen LogP contribution in [0.1, 0.15) is 11.1 Å². The maximum atomic E-state index is 8.76. The number of benzene rings is 5. The summed E-state index contributed by atoms with van der Waals surface area (Å²) in [6, 6.07) is 37.1. The van der Waals surface area contributed by atoms with E-state index in [0.717, 1.165) is 33.1 Å². The number of aliphatic imine (C=N–C) groups is 1. The number of nitrogens with one attached hydrogen (secondary N) is 1. The standard InChI is InChI=1S/C33H23N5/c34-32(37-33(35)27-14-7-10-21-8-1-3-11-25(21)27)23-18-24(20-36-19-23)38-29-15-6-5-13-28(29)31-26-12-4-2-9-22(26)16-17-30(31)38/h1-20H,(H3,34,35,37). The van der Waals surface area contributed by atoms with Crippen LogP contribution in [0.3, 0.4) is 0 Å². The Labute approximate surface area is 219 Å². The van der Waals surface area contributed by atoms with Gasteiger partial charge in [-0.15, -0.1) is 0 Å². The molecule has 0 fully saturated rings. The van der Waals surface area contributed by atoms with E-state index in [4.69, 9.17) is 11.1 Å². The second-order valence-corrected chi connectivity index (χ2v) is 9.34. The summed E-state index contributed by atoms with van der Waals surface area (Å²) in [5.74, 6) is 0.372. The van der Waals surface area contributed by atoms with Gasteiger partial charge in [-0.25, -0.2) is 4.99 Å². The molecule has 0 aliphatic carbocycles. The minimum atomic E-state index is 0.0657. The van der Waals surface area contributed by atoms with Crippen molar-refractivity contribution in [3.05, 3.63) is 133 Å². The van der Waals surface area contributed by atoms with Gasteiger partial charge in [0.25, 0.3) is 0 Å². The summed E-state index contributed by atoms with van der Waals surface area (Å²) in [4.78, 5) is 8.98. The van der Waals surface area contributed by atoms with Gasteiger partial charge in [-0.1, -0.05) is 91.0 Å². The van der Waals surface area contributed by atoms with Gasteiger partial charge in [-0.2, -0.15) is 0 Å². The molecular weight excluding hydrogens is 466 g/mol. The Morgan fingerprint density at radius 1 is 0.684 bits per heavy atom. The summed E-state index contributed by atoms with van der Waals surface area (Å²) < 4.78 is 2.21. The Bertz CT molecular complexity index is 2060. The average molecular weight is 490 g/mol. The van der Waals surface area contributed by atoms with Crippen LogP contribution in [-0.4, -0.2) is 21.2 Å². The van der Waals surface area contributed by atoms with Crippen molar-refractivity contribution >= 4 is 55.0 Å². The first-order valence-corrected chi connectivity index (χ1v) is 12.5. The number of fused-ring (bicyclic) bond motifs is 6. The first-order chi connectivity index (χ1) is 18.7. The normalized spacial score (nSPS) is 12.1. The van der Waals surface area contributed by atoms with Crippen molar-refractivity contribution in [3.8, 4) is 5.69 Å². The molecule has 3 N–H and O–H groups in total. The number of pyridine rings is 1. The molecule has 0 unspecified atom stereocenters. The van der Waals surface area contributed by atoms with Crippen LogP contribution in [0, 0.1) is 5.41 Å². The Kier molecular flexibility index (Phi) is 5.01. The summed E-state index contributed by atoms with van der Waals surface area (Å²) in [6.45, 7) is 0. The lowest BCUT2D eigenvalue weighted by molar-refractivity contribution is 1.13. The topological polar surface area (TPSA) is 80.1 Å². The molecular formula is C33H23N5. The fourth-order valence-corrected chi connectivity index (χ4v) is 5.39. The van der Waals surface area contributed by atoms with E-state index >= 15 is 0 Å². The lowest BCUT2D eigenvalue weighted by Gasteiger charge is -2.10.